The third-order valence-electron chi connectivity index (χ3n) is 3.42. The van der Waals surface area contributed by atoms with Crippen LogP contribution in [0.1, 0.15) is 36.0 Å². The number of amides is 2. The molecule has 5 nitrogen and oxygen atoms in total. The van der Waals surface area contributed by atoms with Crippen molar-refractivity contribution in [3.05, 3.63) is 20.3 Å². The van der Waals surface area contributed by atoms with E-state index >= 15 is 0 Å². The van der Waals surface area contributed by atoms with Crippen LogP contribution in [0.4, 0.5) is 0 Å². The number of Topliss-reactive ketones (excluding diaryl/α,β-unsaturated/α-hetero) is 1. The number of hydrogen-bond donors (Lipinski definition) is 1. The van der Waals surface area contributed by atoms with Crippen molar-refractivity contribution >= 4 is 52.1 Å². The molecule has 1 unspecified atom stereocenters. The summed E-state index contributed by atoms with van der Waals surface area (Å²) in [6, 6.07) is 0.954. The molecule has 1 aliphatic heterocycles. The number of nitrogens with zero attached hydrogens (tertiary/aromatic N) is 1. The van der Waals surface area contributed by atoms with E-state index in [-0.39, 0.29) is 24.5 Å². The molecular formula is C13H14Cl2N2O3S. The minimum atomic E-state index is -0.549. The molecule has 2 rings (SSSR count). The largest absolute Gasteiger partial charge is 0.368 e. The SMILES string of the molecule is NC(=O)C1CCCN1C(=O)CCC(=O)c1cc(Cl)sc1Cl. The Bertz CT molecular complexity index is 588. The summed E-state index contributed by atoms with van der Waals surface area (Å²) in [5.74, 6) is -0.965. The standard InChI is InChI=1S/C13H14Cl2N2O3S/c14-10-6-7(12(15)21-10)9(18)3-4-11(19)17-5-1-2-8(17)13(16)20/h6,8H,1-5H2,(H2,16,20). The van der Waals surface area contributed by atoms with Crippen LogP contribution in [-0.2, 0) is 9.59 Å². The van der Waals surface area contributed by atoms with Gasteiger partial charge in [-0.3, -0.25) is 14.4 Å². The fourth-order valence-corrected chi connectivity index (χ4v) is 3.89. The molecule has 0 radical (unpaired) electrons. The summed E-state index contributed by atoms with van der Waals surface area (Å²) in [5, 5.41) is 0. The maximum absolute atomic E-state index is 12.1. The summed E-state index contributed by atoms with van der Waals surface area (Å²) in [6.45, 7) is 0.506. The smallest absolute Gasteiger partial charge is 0.240 e. The summed E-state index contributed by atoms with van der Waals surface area (Å²) in [7, 11) is 0. The van der Waals surface area contributed by atoms with Crippen molar-refractivity contribution in [1.82, 2.24) is 4.90 Å². The van der Waals surface area contributed by atoms with Crippen molar-refractivity contribution in [1.29, 1.82) is 0 Å². The van der Waals surface area contributed by atoms with Crippen molar-refractivity contribution in [3.8, 4) is 0 Å². The van der Waals surface area contributed by atoms with E-state index in [2.05, 4.69) is 0 Å². The van der Waals surface area contributed by atoms with E-state index in [1.165, 1.54) is 11.0 Å². The summed E-state index contributed by atoms with van der Waals surface area (Å²) in [5.41, 5.74) is 5.61. The zero-order valence-electron chi connectivity index (χ0n) is 11.1. The molecule has 114 valence electrons. The lowest BCUT2D eigenvalue weighted by atomic mass is 10.1. The normalized spacial score (nSPS) is 18.0. The Morgan fingerprint density at radius 1 is 1.33 bits per heavy atom. The highest BCUT2D eigenvalue weighted by Crippen LogP contribution is 2.32. The fraction of sp³-hybridized carbons (Fsp3) is 0.462. The van der Waals surface area contributed by atoms with E-state index in [1.54, 1.807) is 0 Å². The number of rotatable bonds is 5. The van der Waals surface area contributed by atoms with Crippen LogP contribution in [0, 0.1) is 0 Å². The first-order chi connectivity index (χ1) is 9.90. The summed E-state index contributed by atoms with van der Waals surface area (Å²) in [4.78, 5) is 36.8. The van der Waals surface area contributed by atoms with Gasteiger partial charge in [0.2, 0.25) is 11.8 Å². The van der Waals surface area contributed by atoms with E-state index in [0.29, 0.717) is 27.2 Å². The Labute approximate surface area is 136 Å². The molecule has 21 heavy (non-hydrogen) atoms. The van der Waals surface area contributed by atoms with E-state index in [0.717, 1.165) is 17.8 Å². The minimum Gasteiger partial charge on any atom is -0.368 e. The Hall–Kier alpha value is -1.11. The molecule has 1 fully saturated rings. The maximum Gasteiger partial charge on any atom is 0.240 e. The molecule has 8 heteroatoms. The van der Waals surface area contributed by atoms with Crippen LogP contribution in [0.25, 0.3) is 0 Å². The molecule has 0 aliphatic carbocycles. The number of thiophene rings is 1. The van der Waals surface area contributed by atoms with Crippen molar-refractivity contribution in [2.24, 2.45) is 5.73 Å². The molecule has 1 aromatic heterocycles. The molecule has 0 aromatic carbocycles. The molecule has 1 aromatic rings. The molecule has 0 saturated carbocycles. The van der Waals surface area contributed by atoms with Crippen LogP contribution < -0.4 is 5.73 Å². The van der Waals surface area contributed by atoms with Crippen LogP contribution in [0.2, 0.25) is 8.67 Å². The van der Waals surface area contributed by atoms with E-state index in [1.807, 2.05) is 0 Å². The fourth-order valence-electron chi connectivity index (χ4n) is 2.39. The van der Waals surface area contributed by atoms with Crippen LogP contribution >= 0.6 is 34.5 Å². The van der Waals surface area contributed by atoms with Gasteiger partial charge in [0.1, 0.15) is 10.4 Å². The Kier molecular flexibility index (Phi) is 5.24. The van der Waals surface area contributed by atoms with Crippen LogP contribution in [0.5, 0.6) is 0 Å². The first-order valence-electron chi connectivity index (χ1n) is 6.47. The predicted octanol–water partition coefficient (Wildman–Crippen LogP) is 2.49. The van der Waals surface area contributed by atoms with E-state index in [4.69, 9.17) is 28.9 Å². The van der Waals surface area contributed by atoms with Gasteiger partial charge in [-0.1, -0.05) is 23.2 Å². The van der Waals surface area contributed by atoms with Crippen molar-refractivity contribution in [3.63, 3.8) is 0 Å². The molecular weight excluding hydrogens is 335 g/mol. The number of nitrogens with two attached hydrogens (primary N) is 1. The van der Waals surface area contributed by atoms with Crippen molar-refractivity contribution in [2.45, 2.75) is 31.7 Å². The molecule has 2 N–H and O–H groups in total. The molecule has 0 bridgehead atoms. The van der Waals surface area contributed by atoms with Gasteiger partial charge in [-0.25, -0.2) is 0 Å². The zero-order chi connectivity index (χ0) is 15.6. The average Bonchev–Trinajstić information content (AvgIpc) is 3.02. The van der Waals surface area contributed by atoms with Gasteiger partial charge in [-0.05, 0) is 18.9 Å². The van der Waals surface area contributed by atoms with Crippen LogP contribution in [0.3, 0.4) is 0 Å². The number of likely N-dealkylation sites (tertiary alicyclic amines) is 1. The second-order valence-electron chi connectivity index (χ2n) is 4.81. The highest BCUT2D eigenvalue weighted by atomic mass is 35.5. The van der Waals surface area contributed by atoms with Crippen LogP contribution in [0.15, 0.2) is 6.07 Å². The lowest BCUT2D eigenvalue weighted by molar-refractivity contribution is -0.137. The first-order valence-corrected chi connectivity index (χ1v) is 8.04. The van der Waals surface area contributed by atoms with E-state index in [9.17, 15) is 14.4 Å². The highest BCUT2D eigenvalue weighted by Gasteiger charge is 2.32. The van der Waals surface area contributed by atoms with E-state index < -0.39 is 11.9 Å². The summed E-state index contributed by atoms with van der Waals surface area (Å²) in [6.07, 6.45) is 1.40. The topological polar surface area (TPSA) is 80.5 Å². The third-order valence-corrected chi connectivity index (χ3v) is 4.91. The number of hydrogen-bond acceptors (Lipinski definition) is 4. The van der Waals surface area contributed by atoms with Gasteiger partial charge in [-0.15, -0.1) is 11.3 Å². The Morgan fingerprint density at radius 3 is 2.62 bits per heavy atom. The van der Waals surface area contributed by atoms with Crippen LogP contribution in [-0.4, -0.2) is 35.1 Å². The minimum absolute atomic E-state index is 0.0341. The summed E-state index contributed by atoms with van der Waals surface area (Å²) < 4.78 is 0.761. The highest BCUT2D eigenvalue weighted by molar-refractivity contribution is 7.20. The van der Waals surface area contributed by atoms with Gasteiger partial charge < -0.3 is 10.6 Å². The number of halogens is 2. The zero-order valence-corrected chi connectivity index (χ0v) is 13.4. The van der Waals surface area contributed by atoms with Gasteiger partial charge in [0.15, 0.2) is 5.78 Å². The molecule has 2 heterocycles. The summed E-state index contributed by atoms with van der Waals surface area (Å²) >= 11 is 12.8. The number of carbonyl (C=O) groups is 3. The molecule has 0 spiro atoms. The lowest BCUT2D eigenvalue weighted by Crippen LogP contribution is -2.43. The number of primary amides is 1. The Balaban J connectivity index is 1.93. The number of ketones is 1. The van der Waals surface area contributed by atoms with Gasteiger partial charge >= 0.3 is 0 Å². The van der Waals surface area contributed by atoms with Gasteiger partial charge in [0.05, 0.1) is 4.34 Å². The molecule has 1 atom stereocenters. The Morgan fingerprint density at radius 2 is 2.05 bits per heavy atom. The quantitative estimate of drug-likeness (QED) is 0.830. The van der Waals surface area contributed by atoms with Gasteiger partial charge in [-0.2, -0.15) is 0 Å². The molecule has 1 saturated heterocycles. The van der Waals surface area contributed by atoms with Gasteiger partial charge in [0, 0.05) is 24.9 Å². The average molecular weight is 349 g/mol. The maximum atomic E-state index is 12.1. The predicted molar refractivity (Wildman–Crippen MR) is 81.8 cm³/mol. The van der Waals surface area contributed by atoms with Gasteiger partial charge in [0.25, 0.3) is 0 Å². The molecule has 1 aliphatic rings. The second kappa shape index (κ2) is 6.77. The number of carbonyl (C=O) groups excluding carboxylic acids is 3. The second-order valence-corrected chi connectivity index (χ2v) is 7.09. The van der Waals surface area contributed by atoms with Crippen molar-refractivity contribution < 1.29 is 14.4 Å². The third kappa shape index (κ3) is 3.75. The van der Waals surface area contributed by atoms with Crippen molar-refractivity contribution in [2.75, 3.05) is 6.54 Å². The first kappa shape index (κ1) is 16.3. The monoisotopic (exact) mass is 348 g/mol. The molecule has 2 amide bonds. The lowest BCUT2D eigenvalue weighted by Gasteiger charge is -2.21.